The zero-order chi connectivity index (χ0) is 13.1. The molecule has 0 spiro atoms. The van der Waals surface area contributed by atoms with Crippen LogP contribution in [0.25, 0.3) is 11.3 Å². The lowest BCUT2D eigenvalue weighted by Gasteiger charge is -2.11. The minimum Gasteiger partial charge on any atom is -0.330 e. The van der Waals surface area contributed by atoms with Crippen LogP contribution >= 0.6 is 23.2 Å². The molecule has 0 aliphatic rings. The highest BCUT2D eigenvalue weighted by Crippen LogP contribution is 2.30. The molecule has 3 nitrogen and oxygen atoms in total. The first-order valence-corrected chi connectivity index (χ1v) is 6.35. The van der Waals surface area contributed by atoms with Crippen LogP contribution in [0.2, 0.25) is 10.2 Å². The fraction of sp³-hybridized carbons (Fsp3) is 0.231. The fourth-order valence-corrected chi connectivity index (χ4v) is 2.15. The van der Waals surface area contributed by atoms with Crippen LogP contribution in [0.5, 0.6) is 0 Å². The van der Waals surface area contributed by atoms with E-state index in [-0.39, 0.29) is 0 Å². The molecule has 0 aliphatic heterocycles. The molecule has 18 heavy (non-hydrogen) atoms. The summed E-state index contributed by atoms with van der Waals surface area (Å²) in [6.45, 7) is 2.47. The van der Waals surface area contributed by atoms with E-state index in [1.54, 1.807) is 0 Å². The molecule has 0 fully saturated rings. The van der Waals surface area contributed by atoms with Gasteiger partial charge in [0.2, 0.25) is 0 Å². The number of benzene rings is 1. The van der Waals surface area contributed by atoms with Crippen LogP contribution in [0.3, 0.4) is 0 Å². The normalized spacial score (nSPS) is 10.7. The van der Waals surface area contributed by atoms with Crippen molar-refractivity contribution in [1.29, 1.82) is 0 Å². The van der Waals surface area contributed by atoms with E-state index >= 15 is 0 Å². The van der Waals surface area contributed by atoms with Crippen LogP contribution < -0.4 is 5.73 Å². The molecule has 2 aromatic rings. The lowest BCUT2D eigenvalue weighted by molar-refractivity contribution is 0.967. The van der Waals surface area contributed by atoms with Gasteiger partial charge in [0.1, 0.15) is 11.5 Å². The van der Waals surface area contributed by atoms with Crippen molar-refractivity contribution in [3.05, 3.63) is 45.8 Å². The second kappa shape index (κ2) is 5.65. The average Bonchev–Trinajstić information content (AvgIpc) is 2.35. The minimum absolute atomic E-state index is 0.457. The Morgan fingerprint density at radius 2 is 2.00 bits per heavy atom. The number of nitrogens with zero attached hydrogens (tertiary/aromatic N) is 2. The summed E-state index contributed by atoms with van der Waals surface area (Å²) < 4.78 is 0. The first-order valence-electron chi connectivity index (χ1n) is 5.59. The van der Waals surface area contributed by atoms with Crippen LogP contribution in [0, 0.1) is 6.92 Å². The third-order valence-electron chi connectivity index (χ3n) is 2.76. The van der Waals surface area contributed by atoms with Crippen LogP contribution in [0.1, 0.15) is 11.1 Å². The highest BCUT2D eigenvalue weighted by molar-refractivity contribution is 6.31. The molecule has 0 saturated carbocycles. The molecule has 5 heteroatoms. The molecule has 0 aliphatic carbocycles. The van der Waals surface area contributed by atoms with Crippen molar-refractivity contribution in [3.8, 4) is 11.3 Å². The van der Waals surface area contributed by atoms with E-state index in [0.29, 0.717) is 16.7 Å². The van der Waals surface area contributed by atoms with Gasteiger partial charge in [-0.15, -0.1) is 0 Å². The molecule has 2 N–H and O–H groups in total. The van der Waals surface area contributed by atoms with E-state index < -0.39 is 0 Å². The van der Waals surface area contributed by atoms with E-state index in [1.165, 1.54) is 6.33 Å². The summed E-state index contributed by atoms with van der Waals surface area (Å²) in [5.74, 6) is 0. The molecule has 1 aromatic heterocycles. The monoisotopic (exact) mass is 281 g/mol. The molecule has 1 aromatic carbocycles. The van der Waals surface area contributed by atoms with E-state index in [2.05, 4.69) is 9.97 Å². The van der Waals surface area contributed by atoms with Crippen LogP contribution in [-0.2, 0) is 6.42 Å². The summed E-state index contributed by atoms with van der Waals surface area (Å²) in [6, 6.07) is 5.71. The van der Waals surface area contributed by atoms with Crippen molar-refractivity contribution in [1.82, 2.24) is 9.97 Å². The Morgan fingerprint density at radius 1 is 1.22 bits per heavy atom. The Kier molecular flexibility index (Phi) is 4.17. The topological polar surface area (TPSA) is 51.8 Å². The third kappa shape index (κ3) is 2.64. The smallest absolute Gasteiger partial charge is 0.135 e. The maximum atomic E-state index is 6.05. The highest BCUT2D eigenvalue weighted by Gasteiger charge is 2.12. The van der Waals surface area contributed by atoms with Gasteiger partial charge in [-0.25, -0.2) is 9.97 Å². The van der Waals surface area contributed by atoms with Crippen molar-refractivity contribution >= 4 is 23.2 Å². The summed E-state index contributed by atoms with van der Waals surface area (Å²) in [7, 11) is 0. The summed E-state index contributed by atoms with van der Waals surface area (Å²) in [5.41, 5.74) is 9.35. The molecular formula is C13H13Cl2N3. The van der Waals surface area contributed by atoms with Crippen molar-refractivity contribution in [2.45, 2.75) is 13.3 Å². The molecule has 0 radical (unpaired) electrons. The molecule has 0 saturated heterocycles. The van der Waals surface area contributed by atoms with Gasteiger partial charge in [0.15, 0.2) is 0 Å². The Morgan fingerprint density at radius 3 is 2.72 bits per heavy atom. The largest absolute Gasteiger partial charge is 0.330 e. The van der Waals surface area contributed by atoms with Crippen molar-refractivity contribution in [2.24, 2.45) is 5.73 Å². The summed E-state index contributed by atoms with van der Waals surface area (Å²) in [6.07, 6.45) is 2.23. The lowest BCUT2D eigenvalue weighted by atomic mass is 9.99. The number of aromatic nitrogens is 2. The zero-order valence-corrected chi connectivity index (χ0v) is 11.5. The number of nitrogens with two attached hydrogens (primary N) is 1. The van der Waals surface area contributed by atoms with Crippen molar-refractivity contribution < 1.29 is 0 Å². The van der Waals surface area contributed by atoms with E-state index in [9.17, 15) is 0 Å². The summed E-state index contributed by atoms with van der Waals surface area (Å²) in [5, 5.41) is 1.12. The molecule has 1 heterocycles. The zero-order valence-electron chi connectivity index (χ0n) is 9.95. The van der Waals surface area contributed by atoms with Gasteiger partial charge in [-0.2, -0.15) is 0 Å². The van der Waals surface area contributed by atoms with Crippen molar-refractivity contribution in [2.75, 3.05) is 6.54 Å². The number of rotatable bonds is 3. The molecule has 0 unspecified atom stereocenters. The molecule has 94 valence electrons. The van der Waals surface area contributed by atoms with Crippen molar-refractivity contribution in [3.63, 3.8) is 0 Å². The molecule has 2 rings (SSSR count). The second-order valence-corrected chi connectivity index (χ2v) is 4.77. The Hall–Kier alpha value is -1.16. The van der Waals surface area contributed by atoms with Gasteiger partial charge in [-0.1, -0.05) is 29.3 Å². The average molecular weight is 282 g/mol. The predicted molar refractivity (Wildman–Crippen MR) is 75.0 cm³/mol. The van der Waals surface area contributed by atoms with Gasteiger partial charge in [-0.05, 0) is 37.6 Å². The molecular weight excluding hydrogens is 269 g/mol. The van der Waals surface area contributed by atoms with Gasteiger partial charge < -0.3 is 5.73 Å². The summed E-state index contributed by atoms with van der Waals surface area (Å²) in [4.78, 5) is 8.26. The molecule has 0 atom stereocenters. The molecule has 0 amide bonds. The Bertz CT molecular complexity index is 570. The second-order valence-electron chi connectivity index (χ2n) is 3.98. The van der Waals surface area contributed by atoms with Gasteiger partial charge in [-0.3, -0.25) is 0 Å². The third-order valence-corrected chi connectivity index (χ3v) is 3.38. The van der Waals surface area contributed by atoms with Crippen LogP contribution in [-0.4, -0.2) is 16.5 Å². The van der Waals surface area contributed by atoms with Gasteiger partial charge in [0.25, 0.3) is 0 Å². The minimum atomic E-state index is 0.457. The highest BCUT2D eigenvalue weighted by atomic mass is 35.5. The van der Waals surface area contributed by atoms with Crippen LogP contribution in [0.4, 0.5) is 0 Å². The van der Waals surface area contributed by atoms with Crippen LogP contribution in [0.15, 0.2) is 24.5 Å². The number of hydrogen-bond acceptors (Lipinski definition) is 3. The summed E-state index contributed by atoms with van der Waals surface area (Å²) >= 11 is 12.1. The van der Waals surface area contributed by atoms with E-state index in [4.69, 9.17) is 28.9 Å². The van der Waals surface area contributed by atoms with E-state index in [1.807, 2.05) is 25.1 Å². The quantitative estimate of drug-likeness (QED) is 0.879. The fourth-order valence-electron chi connectivity index (χ4n) is 1.84. The Labute approximate surface area is 116 Å². The van der Waals surface area contributed by atoms with E-state index in [0.717, 1.165) is 28.8 Å². The number of hydrogen-bond donors (Lipinski definition) is 1. The first kappa shape index (κ1) is 13.3. The SMILES string of the molecule is Cc1c(Cl)ncnc1-c1cc(Cl)ccc1CCN. The maximum absolute atomic E-state index is 6.05. The predicted octanol–water partition coefficient (Wildman–Crippen LogP) is 3.26. The first-order chi connectivity index (χ1) is 8.63. The van der Waals surface area contributed by atoms with Gasteiger partial charge in [0.05, 0.1) is 5.69 Å². The lowest BCUT2D eigenvalue weighted by Crippen LogP contribution is -2.05. The van der Waals surface area contributed by atoms with Gasteiger partial charge >= 0.3 is 0 Å². The Balaban J connectivity index is 2.61. The number of halogens is 2. The molecule has 0 bridgehead atoms. The standard InChI is InChI=1S/C13H13Cl2N3/c1-8-12(17-7-18-13(8)15)11-6-10(14)3-2-9(11)4-5-16/h2-3,6-7H,4-5,16H2,1H3. The maximum Gasteiger partial charge on any atom is 0.135 e. The van der Waals surface area contributed by atoms with Gasteiger partial charge in [0, 0.05) is 16.1 Å².